The first kappa shape index (κ1) is 31.3. The van der Waals surface area contributed by atoms with Gasteiger partial charge in [0.05, 0.1) is 16.9 Å². The van der Waals surface area contributed by atoms with Gasteiger partial charge in [0.2, 0.25) is 0 Å². The van der Waals surface area contributed by atoms with Crippen LogP contribution in [-0.4, -0.2) is 9.38 Å². The molecule has 0 aliphatic carbocycles. The van der Waals surface area contributed by atoms with E-state index in [0.717, 1.165) is 83.3 Å². The molecular formula is C52H34N2O. The van der Waals surface area contributed by atoms with Crippen LogP contribution in [0.15, 0.2) is 192 Å². The zero-order chi connectivity index (χ0) is 36.5. The molecule has 0 fully saturated rings. The topological polar surface area (TPSA) is 30.4 Å². The minimum absolute atomic E-state index is 0.906. The molecule has 0 spiro atoms. The van der Waals surface area contributed by atoms with Gasteiger partial charge in [0.1, 0.15) is 16.8 Å². The third-order valence-electron chi connectivity index (χ3n) is 11.1. The zero-order valence-corrected chi connectivity index (χ0v) is 30.2. The SMILES string of the molecule is Cc1ccc(-c2ccc3c(c2)c2cc(-c4cccc(-c5cccc6c5oc5ccccc56)c4)ccc2n2c(-c4ccccc4)c(-c4ccccc4)nc32)cc1. The maximum atomic E-state index is 6.46. The van der Waals surface area contributed by atoms with E-state index in [1.807, 2.05) is 12.1 Å². The number of para-hydroxylation sites is 2. The van der Waals surface area contributed by atoms with Gasteiger partial charge in [0.15, 0.2) is 0 Å². The summed E-state index contributed by atoms with van der Waals surface area (Å²) in [5.41, 5.74) is 16.3. The van der Waals surface area contributed by atoms with Crippen LogP contribution in [0, 0.1) is 6.92 Å². The van der Waals surface area contributed by atoms with E-state index in [4.69, 9.17) is 9.40 Å². The largest absolute Gasteiger partial charge is 0.455 e. The fourth-order valence-electron chi connectivity index (χ4n) is 8.35. The number of imidazole rings is 1. The summed E-state index contributed by atoms with van der Waals surface area (Å²) in [6.07, 6.45) is 0. The van der Waals surface area contributed by atoms with Gasteiger partial charge in [-0.1, -0.05) is 157 Å². The van der Waals surface area contributed by atoms with Crippen molar-refractivity contribution in [1.82, 2.24) is 9.38 Å². The molecule has 258 valence electrons. The molecule has 0 unspecified atom stereocenters. The standard InChI is InChI=1S/C52H34N2O/c1-33-22-24-34(25-23-33)38-26-28-44-45(31-38)46-32-39(37-16-10-17-40(30-37)41-19-11-20-43-42-18-8-9-21-48(42)55-51(41)43)27-29-47(46)54-50(36-14-6-3-7-15-36)49(53-52(44)54)35-12-4-2-5-13-35/h2-32H,1H3. The predicted octanol–water partition coefficient (Wildman–Crippen LogP) is 14.2. The van der Waals surface area contributed by atoms with Crippen LogP contribution in [0.5, 0.6) is 0 Å². The lowest BCUT2D eigenvalue weighted by Crippen LogP contribution is -1.95. The quantitative estimate of drug-likeness (QED) is 0.167. The van der Waals surface area contributed by atoms with E-state index in [0.29, 0.717) is 0 Å². The number of hydrogen-bond acceptors (Lipinski definition) is 2. The molecule has 3 nitrogen and oxygen atoms in total. The van der Waals surface area contributed by atoms with Crippen LogP contribution in [0.1, 0.15) is 5.56 Å². The summed E-state index contributed by atoms with van der Waals surface area (Å²) >= 11 is 0. The lowest BCUT2D eigenvalue weighted by molar-refractivity contribution is 0.670. The molecule has 0 aliphatic rings. The van der Waals surface area contributed by atoms with Crippen molar-refractivity contribution in [3.05, 3.63) is 194 Å². The predicted molar refractivity (Wildman–Crippen MR) is 229 cm³/mol. The number of fused-ring (bicyclic) bond motifs is 9. The van der Waals surface area contributed by atoms with Gasteiger partial charge in [0, 0.05) is 38.2 Å². The molecule has 0 saturated heterocycles. The van der Waals surface area contributed by atoms with E-state index >= 15 is 0 Å². The van der Waals surface area contributed by atoms with Crippen molar-refractivity contribution in [1.29, 1.82) is 0 Å². The normalized spacial score (nSPS) is 11.7. The van der Waals surface area contributed by atoms with Crippen LogP contribution in [0.2, 0.25) is 0 Å². The summed E-state index contributed by atoms with van der Waals surface area (Å²) in [7, 11) is 0. The van der Waals surface area contributed by atoms with E-state index in [-0.39, 0.29) is 0 Å². The van der Waals surface area contributed by atoms with Gasteiger partial charge in [-0.25, -0.2) is 4.98 Å². The third kappa shape index (κ3) is 5.09. The first-order chi connectivity index (χ1) is 27.2. The number of nitrogens with zero attached hydrogens (tertiary/aromatic N) is 2. The van der Waals surface area contributed by atoms with E-state index in [1.54, 1.807) is 0 Å². The van der Waals surface area contributed by atoms with Crippen LogP contribution < -0.4 is 0 Å². The molecule has 11 rings (SSSR count). The van der Waals surface area contributed by atoms with E-state index in [2.05, 4.69) is 187 Å². The molecule has 55 heavy (non-hydrogen) atoms. The van der Waals surface area contributed by atoms with Gasteiger partial charge in [-0.3, -0.25) is 4.40 Å². The van der Waals surface area contributed by atoms with Gasteiger partial charge < -0.3 is 4.42 Å². The summed E-state index contributed by atoms with van der Waals surface area (Å²) in [4.78, 5) is 5.47. The van der Waals surface area contributed by atoms with Crippen molar-refractivity contribution in [2.75, 3.05) is 0 Å². The molecule has 0 N–H and O–H groups in total. The molecule has 3 heteroatoms. The number of hydrogen-bond donors (Lipinski definition) is 0. The first-order valence-electron chi connectivity index (χ1n) is 18.8. The smallest absolute Gasteiger partial charge is 0.146 e. The number of aryl methyl sites for hydroxylation is 1. The molecule has 0 aliphatic heterocycles. The minimum Gasteiger partial charge on any atom is -0.455 e. The average molecular weight is 703 g/mol. The Morgan fingerprint density at radius 2 is 1.04 bits per heavy atom. The Bertz CT molecular complexity index is 3240. The first-order valence-corrected chi connectivity index (χ1v) is 18.8. The van der Waals surface area contributed by atoms with Crippen LogP contribution in [0.25, 0.3) is 105 Å². The molecule has 0 bridgehead atoms. The molecule has 0 saturated carbocycles. The molecular weight excluding hydrogens is 669 g/mol. The van der Waals surface area contributed by atoms with E-state index < -0.39 is 0 Å². The molecule has 8 aromatic carbocycles. The lowest BCUT2D eigenvalue weighted by Gasteiger charge is -2.15. The number of pyridine rings is 1. The summed E-state index contributed by atoms with van der Waals surface area (Å²) in [5.74, 6) is 0. The lowest BCUT2D eigenvalue weighted by atomic mass is 9.94. The van der Waals surface area contributed by atoms with Crippen molar-refractivity contribution >= 4 is 49.3 Å². The Labute approximate surface area is 318 Å². The van der Waals surface area contributed by atoms with Gasteiger partial charge in [-0.2, -0.15) is 0 Å². The highest BCUT2D eigenvalue weighted by molar-refractivity contribution is 6.15. The van der Waals surface area contributed by atoms with Crippen molar-refractivity contribution in [2.45, 2.75) is 6.92 Å². The molecule has 0 radical (unpaired) electrons. The fourth-order valence-corrected chi connectivity index (χ4v) is 8.35. The Kier molecular flexibility index (Phi) is 7.08. The van der Waals surface area contributed by atoms with Crippen LogP contribution in [0.4, 0.5) is 0 Å². The number of rotatable bonds is 5. The maximum absolute atomic E-state index is 6.46. The summed E-state index contributed by atoms with van der Waals surface area (Å²) in [5, 5.41) is 5.74. The number of furan rings is 1. The van der Waals surface area contributed by atoms with E-state index in [1.165, 1.54) is 27.5 Å². The number of aromatic nitrogens is 2. The summed E-state index contributed by atoms with van der Waals surface area (Å²) in [6, 6.07) is 67.4. The minimum atomic E-state index is 0.906. The molecule has 3 heterocycles. The Morgan fingerprint density at radius 3 is 1.87 bits per heavy atom. The van der Waals surface area contributed by atoms with Crippen molar-refractivity contribution in [3.63, 3.8) is 0 Å². The van der Waals surface area contributed by atoms with Gasteiger partial charge in [-0.05, 0) is 76.5 Å². The molecule has 0 atom stereocenters. The zero-order valence-electron chi connectivity index (χ0n) is 30.2. The second-order valence-electron chi connectivity index (χ2n) is 14.4. The van der Waals surface area contributed by atoms with Crippen molar-refractivity contribution in [3.8, 4) is 55.9 Å². The Hall–Kier alpha value is -7.23. The van der Waals surface area contributed by atoms with Crippen LogP contribution >= 0.6 is 0 Å². The molecule has 0 amide bonds. The summed E-state index contributed by atoms with van der Waals surface area (Å²) < 4.78 is 8.84. The summed E-state index contributed by atoms with van der Waals surface area (Å²) in [6.45, 7) is 2.13. The van der Waals surface area contributed by atoms with Gasteiger partial charge in [0.25, 0.3) is 0 Å². The number of benzene rings is 8. The monoisotopic (exact) mass is 702 g/mol. The second kappa shape index (κ2) is 12.4. The van der Waals surface area contributed by atoms with Crippen molar-refractivity contribution in [2.24, 2.45) is 0 Å². The Morgan fingerprint density at radius 1 is 0.418 bits per heavy atom. The molecule has 3 aromatic heterocycles. The van der Waals surface area contributed by atoms with Crippen LogP contribution in [-0.2, 0) is 0 Å². The maximum Gasteiger partial charge on any atom is 0.146 e. The molecule has 11 aromatic rings. The highest BCUT2D eigenvalue weighted by Crippen LogP contribution is 2.42. The highest BCUT2D eigenvalue weighted by atomic mass is 16.3. The highest BCUT2D eigenvalue weighted by Gasteiger charge is 2.22. The van der Waals surface area contributed by atoms with E-state index in [9.17, 15) is 0 Å². The van der Waals surface area contributed by atoms with Gasteiger partial charge in [-0.15, -0.1) is 0 Å². The Balaban J connectivity index is 1.18. The van der Waals surface area contributed by atoms with Gasteiger partial charge >= 0.3 is 0 Å². The fraction of sp³-hybridized carbons (Fsp3) is 0.0192. The van der Waals surface area contributed by atoms with Crippen LogP contribution in [0.3, 0.4) is 0 Å². The van der Waals surface area contributed by atoms with Crippen molar-refractivity contribution < 1.29 is 4.42 Å². The average Bonchev–Trinajstić information content (AvgIpc) is 3.84. The second-order valence-corrected chi connectivity index (χ2v) is 14.4. The third-order valence-corrected chi connectivity index (χ3v) is 11.1.